The second-order valence-corrected chi connectivity index (χ2v) is 6.86. The quantitative estimate of drug-likeness (QED) is 0.850. The summed E-state index contributed by atoms with van der Waals surface area (Å²) in [5.41, 5.74) is 1.59. The van der Waals surface area contributed by atoms with E-state index in [-0.39, 0.29) is 17.1 Å². The van der Waals surface area contributed by atoms with E-state index >= 15 is 0 Å². The fourth-order valence-electron chi connectivity index (χ4n) is 2.51. The van der Waals surface area contributed by atoms with Crippen molar-refractivity contribution in [3.8, 4) is 0 Å². The predicted molar refractivity (Wildman–Crippen MR) is 77.7 cm³/mol. The summed E-state index contributed by atoms with van der Waals surface area (Å²) in [6.45, 7) is 0.463. The summed E-state index contributed by atoms with van der Waals surface area (Å²) in [6, 6.07) is 8.28. The maximum Gasteiger partial charge on any atom is 0.358 e. The number of methoxy groups -OCH3 is 1. The lowest BCUT2D eigenvalue weighted by Crippen LogP contribution is -2.36. The second-order valence-electron chi connectivity index (χ2n) is 4.92. The zero-order valence-corrected chi connectivity index (χ0v) is 12.8. The molecule has 1 aromatic heterocycles. The third kappa shape index (κ3) is 2.40. The largest absolute Gasteiger partial charge is 0.464 e. The monoisotopic (exact) mass is 321 g/mol. The number of aromatic nitrogens is 2. The smallest absolute Gasteiger partial charge is 0.358 e. The number of carbonyl (C=O) groups excluding carboxylic acids is 1. The number of hydrogen-bond acceptors (Lipinski definition) is 5. The van der Waals surface area contributed by atoms with E-state index < -0.39 is 16.0 Å². The van der Waals surface area contributed by atoms with Crippen LogP contribution < -0.4 is 0 Å². The van der Waals surface area contributed by atoms with Crippen LogP contribution >= 0.6 is 0 Å². The highest BCUT2D eigenvalue weighted by molar-refractivity contribution is 7.89. The first-order chi connectivity index (χ1) is 10.5. The molecule has 1 aliphatic heterocycles. The molecule has 0 saturated heterocycles. The Kier molecular flexibility index (Phi) is 3.71. The van der Waals surface area contributed by atoms with Gasteiger partial charge in [0.1, 0.15) is 0 Å². The van der Waals surface area contributed by atoms with E-state index in [1.807, 2.05) is 0 Å². The first-order valence-corrected chi connectivity index (χ1v) is 8.17. The molecule has 0 fully saturated rings. The summed E-state index contributed by atoms with van der Waals surface area (Å²) < 4.78 is 31.2. The Morgan fingerprint density at radius 1 is 1.32 bits per heavy atom. The van der Waals surface area contributed by atoms with Crippen molar-refractivity contribution in [1.29, 1.82) is 0 Å². The van der Waals surface area contributed by atoms with Gasteiger partial charge in [-0.3, -0.25) is 5.10 Å². The third-order valence-electron chi connectivity index (χ3n) is 3.66. The highest BCUT2D eigenvalue weighted by atomic mass is 32.2. The molecule has 0 amide bonds. The minimum Gasteiger partial charge on any atom is -0.464 e. The van der Waals surface area contributed by atoms with E-state index in [0.717, 1.165) is 5.56 Å². The lowest BCUT2D eigenvalue weighted by atomic mass is 10.1. The highest BCUT2D eigenvalue weighted by Gasteiger charge is 2.32. The molecule has 0 saturated carbocycles. The lowest BCUT2D eigenvalue weighted by molar-refractivity contribution is 0.0592. The molecule has 0 spiro atoms. The summed E-state index contributed by atoms with van der Waals surface area (Å²) in [5.74, 6) is -0.517. The van der Waals surface area contributed by atoms with Gasteiger partial charge in [0.15, 0.2) is 5.69 Å². The number of hydrogen-bond donors (Lipinski definition) is 1. The number of sulfonamides is 1. The number of ether oxygens (including phenoxy) is 1. The van der Waals surface area contributed by atoms with E-state index in [1.165, 1.54) is 11.4 Å². The van der Waals surface area contributed by atoms with Crippen LogP contribution in [0.15, 0.2) is 35.2 Å². The molecule has 7 nitrogen and oxygen atoms in total. The van der Waals surface area contributed by atoms with Crippen molar-refractivity contribution in [1.82, 2.24) is 14.5 Å². The van der Waals surface area contributed by atoms with E-state index in [0.29, 0.717) is 18.7 Å². The van der Waals surface area contributed by atoms with Gasteiger partial charge in [0.05, 0.1) is 24.2 Å². The minimum atomic E-state index is -3.55. The van der Waals surface area contributed by atoms with Gasteiger partial charge >= 0.3 is 5.97 Å². The molecule has 22 heavy (non-hydrogen) atoms. The van der Waals surface area contributed by atoms with Gasteiger partial charge in [-0.05, 0) is 18.6 Å². The fraction of sp³-hybridized carbons (Fsp3) is 0.286. The summed E-state index contributed by atoms with van der Waals surface area (Å²) in [5, 5.41) is 6.67. The molecule has 116 valence electrons. The maximum atomic E-state index is 12.6. The number of H-pyrrole nitrogens is 1. The van der Waals surface area contributed by atoms with Crippen molar-refractivity contribution in [2.45, 2.75) is 17.9 Å². The number of nitrogens with zero attached hydrogens (tertiary/aromatic N) is 2. The van der Waals surface area contributed by atoms with Crippen LogP contribution in [0, 0.1) is 0 Å². The van der Waals surface area contributed by atoms with E-state index in [1.54, 1.807) is 30.3 Å². The van der Waals surface area contributed by atoms with E-state index in [2.05, 4.69) is 14.9 Å². The van der Waals surface area contributed by atoms with Crippen LogP contribution in [0.4, 0.5) is 0 Å². The van der Waals surface area contributed by atoms with Gasteiger partial charge in [-0.2, -0.15) is 9.40 Å². The minimum absolute atomic E-state index is 0.163. The average molecular weight is 321 g/mol. The van der Waals surface area contributed by atoms with Crippen LogP contribution in [-0.2, 0) is 27.7 Å². The second kappa shape index (κ2) is 5.54. The van der Waals surface area contributed by atoms with Crippen molar-refractivity contribution < 1.29 is 17.9 Å². The van der Waals surface area contributed by atoms with Crippen molar-refractivity contribution in [3.63, 3.8) is 0 Å². The van der Waals surface area contributed by atoms with Gasteiger partial charge in [-0.15, -0.1) is 0 Å². The number of rotatable bonds is 3. The van der Waals surface area contributed by atoms with Crippen molar-refractivity contribution in [2.75, 3.05) is 13.7 Å². The number of carbonyl (C=O) groups is 1. The molecule has 1 aromatic carbocycles. The Balaban J connectivity index is 1.89. The summed E-state index contributed by atoms with van der Waals surface area (Å²) in [7, 11) is -2.26. The molecule has 0 bridgehead atoms. The average Bonchev–Trinajstić information content (AvgIpc) is 2.98. The molecule has 1 aliphatic rings. The summed E-state index contributed by atoms with van der Waals surface area (Å²) in [6.07, 6.45) is 0.419. The third-order valence-corrected chi connectivity index (χ3v) is 5.52. The van der Waals surface area contributed by atoms with Crippen LogP contribution in [0.1, 0.15) is 21.7 Å². The standard InChI is InChI=1S/C14H15N3O4S/c1-21-14(18)13-11-7-8-17(9-12(11)15-16-13)22(19,20)10-5-3-2-4-6-10/h2-6H,7-9H2,1H3,(H,15,16). The Labute approximate surface area is 128 Å². The number of aromatic amines is 1. The SMILES string of the molecule is COC(=O)c1n[nH]c2c1CCN(S(=O)(=O)c1ccccc1)C2. The molecule has 2 aromatic rings. The van der Waals surface area contributed by atoms with Crippen LogP contribution in [0.5, 0.6) is 0 Å². The summed E-state index contributed by atoms with van der Waals surface area (Å²) in [4.78, 5) is 11.9. The van der Waals surface area contributed by atoms with Gasteiger partial charge in [0, 0.05) is 12.1 Å². The Morgan fingerprint density at radius 2 is 2.05 bits per heavy atom. The van der Waals surface area contributed by atoms with Crippen LogP contribution in [0.3, 0.4) is 0 Å². The van der Waals surface area contributed by atoms with Crippen molar-refractivity contribution in [2.24, 2.45) is 0 Å². The van der Waals surface area contributed by atoms with Gasteiger partial charge in [-0.25, -0.2) is 13.2 Å². The van der Waals surface area contributed by atoms with Crippen molar-refractivity contribution >= 4 is 16.0 Å². The number of esters is 1. The van der Waals surface area contributed by atoms with E-state index in [9.17, 15) is 13.2 Å². The predicted octanol–water partition coefficient (Wildman–Crippen LogP) is 0.943. The number of fused-ring (bicyclic) bond motifs is 1. The van der Waals surface area contributed by atoms with Crippen LogP contribution in [0.25, 0.3) is 0 Å². The molecule has 0 atom stereocenters. The van der Waals surface area contributed by atoms with Crippen LogP contribution in [0.2, 0.25) is 0 Å². The zero-order chi connectivity index (χ0) is 15.7. The maximum absolute atomic E-state index is 12.6. The normalized spacial score (nSPS) is 15.3. The molecule has 0 unspecified atom stereocenters. The van der Waals surface area contributed by atoms with Gasteiger partial charge in [-0.1, -0.05) is 18.2 Å². The topological polar surface area (TPSA) is 92.4 Å². The fourth-order valence-corrected chi connectivity index (χ4v) is 3.94. The molecule has 1 N–H and O–H groups in total. The number of benzene rings is 1. The molecular formula is C14H15N3O4S. The lowest BCUT2D eigenvalue weighted by Gasteiger charge is -2.26. The first-order valence-electron chi connectivity index (χ1n) is 6.73. The Hall–Kier alpha value is -2.19. The van der Waals surface area contributed by atoms with Gasteiger partial charge in [0.2, 0.25) is 10.0 Å². The van der Waals surface area contributed by atoms with Crippen LogP contribution in [-0.4, -0.2) is 42.5 Å². The Bertz CT molecular complexity index is 799. The van der Waals surface area contributed by atoms with Gasteiger partial charge < -0.3 is 4.74 Å². The van der Waals surface area contributed by atoms with E-state index in [4.69, 9.17) is 0 Å². The Morgan fingerprint density at radius 3 is 2.73 bits per heavy atom. The molecule has 2 heterocycles. The zero-order valence-electron chi connectivity index (χ0n) is 11.9. The molecule has 3 rings (SSSR count). The molecule has 8 heteroatoms. The molecule has 0 radical (unpaired) electrons. The van der Waals surface area contributed by atoms with Gasteiger partial charge in [0.25, 0.3) is 0 Å². The molecular weight excluding hydrogens is 306 g/mol. The summed E-state index contributed by atoms with van der Waals surface area (Å²) >= 11 is 0. The van der Waals surface area contributed by atoms with Crippen molar-refractivity contribution in [3.05, 3.63) is 47.3 Å². The highest BCUT2D eigenvalue weighted by Crippen LogP contribution is 2.25. The number of nitrogens with one attached hydrogen (secondary N) is 1. The first kappa shape index (κ1) is 14.7. The molecule has 0 aliphatic carbocycles.